The van der Waals surface area contributed by atoms with E-state index < -0.39 is 0 Å². The average Bonchev–Trinajstić information content (AvgIpc) is 3.02. The fourth-order valence-electron chi connectivity index (χ4n) is 3.68. The largest absolute Gasteiger partial charge is 0.335 e. The summed E-state index contributed by atoms with van der Waals surface area (Å²) in [5.74, 6) is 0.614. The Balaban J connectivity index is 1.71. The van der Waals surface area contributed by atoms with Crippen molar-refractivity contribution in [1.29, 1.82) is 0 Å². The Hall–Kier alpha value is -2.48. The van der Waals surface area contributed by atoms with Gasteiger partial charge in [0.15, 0.2) is 0 Å². The van der Waals surface area contributed by atoms with Gasteiger partial charge in [-0.25, -0.2) is 9.97 Å². The van der Waals surface area contributed by atoms with Crippen molar-refractivity contribution in [2.45, 2.75) is 33.2 Å². The fourth-order valence-corrected chi connectivity index (χ4v) is 5.01. The van der Waals surface area contributed by atoms with E-state index >= 15 is 0 Å². The molecular weight excluding hydrogens is 362 g/mol. The van der Waals surface area contributed by atoms with Crippen molar-refractivity contribution in [2.24, 2.45) is 0 Å². The fraction of sp³-hybridized carbons (Fsp3) is 0.474. The molecule has 0 fully saturated rings. The minimum atomic E-state index is -0.0616. The van der Waals surface area contributed by atoms with E-state index in [1.165, 1.54) is 4.90 Å². The normalized spacial score (nSPS) is 17.1. The molecule has 0 radical (unpaired) electrons. The molecular formula is C19H23N5O2S. The second kappa shape index (κ2) is 6.60. The highest BCUT2D eigenvalue weighted by Crippen LogP contribution is 2.41. The van der Waals surface area contributed by atoms with Crippen LogP contribution in [0.5, 0.6) is 0 Å². The lowest BCUT2D eigenvalue weighted by Crippen LogP contribution is -2.36. The van der Waals surface area contributed by atoms with Crippen LogP contribution in [0.15, 0.2) is 6.20 Å². The third kappa shape index (κ3) is 2.88. The zero-order valence-electron chi connectivity index (χ0n) is 16.1. The number of likely N-dealkylation sites (N-methyl/N-ethyl adjacent to an activating group) is 2. The summed E-state index contributed by atoms with van der Waals surface area (Å²) in [7, 11) is 3.44. The molecule has 142 valence electrons. The van der Waals surface area contributed by atoms with Crippen LogP contribution in [0.3, 0.4) is 0 Å². The van der Waals surface area contributed by atoms with E-state index in [2.05, 4.69) is 16.8 Å². The number of amides is 2. The molecule has 0 atom stereocenters. The molecule has 2 aromatic heterocycles. The highest BCUT2D eigenvalue weighted by molar-refractivity contribution is 7.17. The highest BCUT2D eigenvalue weighted by Gasteiger charge is 2.35. The van der Waals surface area contributed by atoms with Gasteiger partial charge in [-0.3, -0.25) is 9.59 Å². The lowest BCUT2D eigenvalue weighted by atomic mass is 10.0. The first-order valence-corrected chi connectivity index (χ1v) is 9.96. The Kier molecular flexibility index (Phi) is 4.38. The number of thiophene rings is 1. The summed E-state index contributed by atoms with van der Waals surface area (Å²) in [4.78, 5) is 40.8. The standard InChI is InChI=1S/C19H23N5O2S/c1-5-13-11(2)8-20-19(21-13)24-7-6-12-14(9-24)27-18-16(12)17(26)22(3)10-15(25)23(18)4/h8H,5-7,9-10H2,1-4H3. The number of aromatic nitrogens is 2. The molecule has 0 unspecified atom stereocenters. The summed E-state index contributed by atoms with van der Waals surface area (Å²) in [6.45, 7) is 5.67. The second-order valence-electron chi connectivity index (χ2n) is 7.12. The number of nitrogens with zero attached hydrogens (tertiary/aromatic N) is 5. The van der Waals surface area contributed by atoms with Gasteiger partial charge in [0.2, 0.25) is 11.9 Å². The number of rotatable bonds is 2. The zero-order chi connectivity index (χ0) is 19.3. The Morgan fingerprint density at radius 1 is 1.22 bits per heavy atom. The third-order valence-electron chi connectivity index (χ3n) is 5.33. The van der Waals surface area contributed by atoms with Crippen molar-refractivity contribution in [2.75, 3.05) is 37.0 Å². The Bertz CT molecular complexity index is 938. The molecule has 8 heteroatoms. The molecule has 0 bridgehead atoms. The van der Waals surface area contributed by atoms with Crippen LogP contribution in [-0.4, -0.2) is 53.9 Å². The van der Waals surface area contributed by atoms with Gasteiger partial charge >= 0.3 is 0 Å². The van der Waals surface area contributed by atoms with Crippen molar-refractivity contribution in [3.63, 3.8) is 0 Å². The molecule has 0 aromatic carbocycles. The summed E-state index contributed by atoms with van der Waals surface area (Å²) >= 11 is 1.54. The molecule has 2 aromatic rings. The first-order chi connectivity index (χ1) is 12.9. The summed E-state index contributed by atoms with van der Waals surface area (Å²) in [6.07, 6.45) is 3.51. The van der Waals surface area contributed by atoms with Gasteiger partial charge in [0.05, 0.1) is 12.1 Å². The maximum absolute atomic E-state index is 12.8. The minimum Gasteiger partial charge on any atom is -0.335 e. The Morgan fingerprint density at radius 3 is 2.74 bits per heavy atom. The number of carbonyl (C=O) groups excluding carboxylic acids is 2. The van der Waals surface area contributed by atoms with E-state index in [4.69, 9.17) is 4.98 Å². The summed E-state index contributed by atoms with van der Waals surface area (Å²) in [5.41, 5.74) is 3.95. The van der Waals surface area contributed by atoms with E-state index in [0.29, 0.717) is 12.1 Å². The number of anilines is 2. The molecule has 2 amide bonds. The van der Waals surface area contributed by atoms with Crippen molar-refractivity contribution in [3.8, 4) is 0 Å². The van der Waals surface area contributed by atoms with E-state index in [1.807, 2.05) is 13.1 Å². The van der Waals surface area contributed by atoms with E-state index in [0.717, 1.165) is 52.0 Å². The summed E-state index contributed by atoms with van der Waals surface area (Å²) in [6, 6.07) is 0. The van der Waals surface area contributed by atoms with Crippen LogP contribution in [0, 0.1) is 6.92 Å². The van der Waals surface area contributed by atoms with Gasteiger partial charge in [0.25, 0.3) is 5.91 Å². The van der Waals surface area contributed by atoms with E-state index in [1.54, 1.807) is 30.3 Å². The number of hydrogen-bond donors (Lipinski definition) is 0. The van der Waals surface area contributed by atoms with Gasteiger partial charge in [0.1, 0.15) is 11.5 Å². The van der Waals surface area contributed by atoms with Crippen molar-refractivity contribution in [3.05, 3.63) is 33.5 Å². The SMILES string of the molecule is CCc1nc(N2CCc3c(sc4c3C(=O)N(C)CC(=O)N4C)C2)ncc1C. The van der Waals surface area contributed by atoms with Gasteiger partial charge in [0, 0.05) is 37.4 Å². The van der Waals surface area contributed by atoms with Gasteiger partial charge in [-0.05, 0) is 30.9 Å². The van der Waals surface area contributed by atoms with Crippen LogP contribution in [0.2, 0.25) is 0 Å². The van der Waals surface area contributed by atoms with Crippen LogP contribution in [0.25, 0.3) is 0 Å². The van der Waals surface area contributed by atoms with Crippen LogP contribution in [0.4, 0.5) is 10.9 Å². The lowest BCUT2D eigenvalue weighted by molar-refractivity contribution is -0.118. The van der Waals surface area contributed by atoms with Crippen molar-refractivity contribution < 1.29 is 9.59 Å². The molecule has 27 heavy (non-hydrogen) atoms. The highest BCUT2D eigenvalue weighted by atomic mass is 32.1. The number of fused-ring (bicyclic) bond motifs is 3. The Labute approximate surface area is 162 Å². The Morgan fingerprint density at radius 2 is 2.00 bits per heavy atom. The van der Waals surface area contributed by atoms with E-state index in [9.17, 15) is 9.59 Å². The number of carbonyl (C=O) groups is 2. The topological polar surface area (TPSA) is 69.6 Å². The van der Waals surface area contributed by atoms with Crippen LogP contribution < -0.4 is 9.80 Å². The number of hydrogen-bond acceptors (Lipinski definition) is 6. The average molecular weight is 385 g/mol. The van der Waals surface area contributed by atoms with Crippen LogP contribution in [-0.2, 0) is 24.2 Å². The smallest absolute Gasteiger partial charge is 0.257 e. The first-order valence-electron chi connectivity index (χ1n) is 9.14. The van der Waals surface area contributed by atoms with Gasteiger partial charge in [-0.1, -0.05) is 6.92 Å². The van der Waals surface area contributed by atoms with Crippen LogP contribution in [0.1, 0.15) is 39.0 Å². The molecule has 2 aliphatic heterocycles. The number of aryl methyl sites for hydroxylation is 2. The predicted molar refractivity (Wildman–Crippen MR) is 106 cm³/mol. The molecule has 4 rings (SSSR count). The summed E-state index contributed by atoms with van der Waals surface area (Å²) < 4.78 is 0. The first kappa shape index (κ1) is 17.9. The third-order valence-corrected chi connectivity index (χ3v) is 6.62. The molecule has 0 spiro atoms. The molecule has 2 aliphatic rings. The van der Waals surface area contributed by atoms with Crippen LogP contribution >= 0.6 is 11.3 Å². The molecule has 0 saturated heterocycles. The van der Waals surface area contributed by atoms with Gasteiger partial charge in [-0.15, -0.1) is 11.3 Å². The quantitative estimate of drug-likeness (QED) is 0.791. The zero-order valence-corrected chi connectivity index (χ0v) is 16.9. The molecule has 4 heterocycles. The maximum atomic E-state index is 12.8. The summed E-state index contributed by atoms with van der Waals surface area (Å²) in [5, 5.41) is 0.764. The molecule has 0 saturated carbocycles. The molecule has 0 aliphatic carbocycles. The second-order valence-corrected chi connectivity index (χ2v) is 8.21. The van der Waals surface area contributed by atoms with E-state index in [-0.39, 0.29) is 18.4 Å². The predicted octanol–water partition coefficient (Wildman–Crippen LogP) is 2.02. The van der Waals surface area contributed by atoms with Crippen molar-refractivity contribution in [1.82, 2.24) is 14.9 Å². The minimum absolute atomic E-state index is 0.0606. The van der Waals surface area contributed by atoms with Gasteiger partial charge in [-0.2, -0.15) is 0 Å². The molecule has 7 nitrogen and oxygen atoms in total. The maximum Gasteiger partial charge on any atom is 0.257 e. The lowest BCUT2D eigenvalue weighted by Gasteiger charge is -2.28. The van der Waals surface area contributed by atoms with Crippen molar-refractivity contribution >= 4 is 34.1 Å². The van der Waals surface area contributed by atoms with Gasteiger partial charge < -0.3 is 14.7 Å². The molecule has 0 N–H and O–H groups in total. The monoisotopic (exact) mass is 385 g/mol.